The summed E-state index contributed by atoms with van der Waals surface area (Å²) in [6.07, 6.45) is 0.783. The minimum atomic E-state index is -0.194. The molecule has 24 heavy (non-hydrogen) atoms. The Morgan fingerprint density at radius 2 is 2.04 bits per heavy atom. The zero-order valence-corrected chi connectivity index (χ0v) is 14.7. The number of carbonyl (C=O) groups is 2. The van der Waals surface area contributed by atoms with Crippen LogP contribution in [0.4, 0.5) is 5.69 Å². The molecule has 3 rings (SSSR count). The molecule has 124 valence electrons. The van der Waals surface area contributed by atoms with Gasteiger partial charge in [0.05, 0.1) is 11.7 Å². The molecule has 6 heteroatoms. The van der Waals surface area contributed by atoms with Crippen LogP contribution in [0, 0.1) is 0 Å². The highest BCUT2D eigenvalue weighted by Crippen LogP contribution is 2.29. The van der Waals surface area contributed by atoms with Crippen LogP contribution in [0.2, 0.25) is 0 Å². The molecule has 0 unspecified atom stereocenters. The maximum Gasteiger partial charge on any atom is 0.262 e. The maximum atomic E-state index is 12.5. The smallest absolute Gasteiger partial charge is 0.262 e. The first-order chi connectivity index (χ1) is 11.6. The summed E-state index contributed by atoms with van der Waals surface area (Å²) in [5.74, 6) is 0.146. The van der Waals surface area contributed by atoms with Gasteiger partial charge in [-0.3, -0.25) is 9.59 Å². The average Bonchev–Trinajstić information content (AvgIpc) is 2.60. The molecule has 1 aliphatic rings. The van der Waals surface area contributed by atoms with Crippen molar-refractivity contribution in [3.8, 4) is 5.75 Å². The highest BCUT2D eigenvalue weighted by molar-refractivity contribution is 9.10. The van der Waals surface area contributed by atoms with Gasteiger partial charge in [0.15, 0.2) is 6.61 Å². The van der Waals surface area contributed by atoms with Crippen molar-refractivity contribution in [3.05, 3.63) is 58.1 Å². The van der Waals surface area contributed by atoms with Crippen molar-refractivity contribution >= 4 is 33.4 Å². The van der Waals surface area contributed by atoms with Crippen molar-refractivity contribution in [2.24, 2.45) is 0 Å². The Hall–Kier alpha value is -2.34. The van der Waals surface area contributed by atoms with Crippen molar-refractivity contribution in [1.29, 1.82) is 0 Å². The number of hydrogen-bond donors (Lipinski definition) is 2. The van der Waals surface area contributed by atoms with E-state index in [-0.39, 0.29) is 24.5 Å². The van der Waals surface area contributed by atoms with Gasteiger partial charge in [-0.1, -0.05) is 35.0 Å². The van der Waals surface area contributed by atoms with Crippen molar-refractivity contribution < 1.29 is 14.3 Å². The lowest BCUT2D eigenvalue weighted by atomic mass is 10.0. The van der Waals surface area contributed by atoms with E-state index in [4.69, 9.17) is 4.74 Å². The molecule has 0 saturated heterocycles. The fourth-order valence-corrected chi connectivity index (χ4v) is 2.84. The number of rotatable bonds is 4. The van der Waals surface area contributed by atoms with Gasteiger partial charge in [0.2, 0.25) is 0 Å². The summed E-state index contributed by atoms with van der Waals surface area (Å²) in [6.45, 7) is 1.99. The van der Waals surface area contributed by atoms with E-state index in [2.05, 4.69) is 26.6 Å². The fraction of sp³-hybridized carbons (Fsp3) is 0.222. The minimum absolute atomic E-state index is 0.0332. The second kappa shape index (κ2) is 7.05. The molecule has 2 amide bonds. The highest BCUT2D eigenvalue weighted by Gasteiger charge is 2.19. The van der Waals surface area contributed by atoms with Gasteiger partial charge in [0.25, 0.3) is 11.8 Å². The van der Waals surface area contributed by atoms with Crippen LogP contribution in [0.3, 0.4) is 0 Å². The molecule has 2 aromatic carbocycles. The lowest BCUT2D eigenvalue weighted by molar-refractivity contribution is -0.118. The molecule has 5 nitrogen and oxygen atoms in total. The number of benzene rings is 2. The van der Waals surface area contributed by atoms with Crippen molar-refractivity contribution in [2.75, 3.05) is 11.9 Å². The van der Waals surface area contributed by atoms with E-state index in [1.165, 1.54) is 0 Å². The summed E-state index contributed by atoms with van der Waals surface area (Å²) < 4.78 is 6.36. The van der Waals surface area contributed by atoms with E-state index in [9.17, 15) is 9.59 Å². The quantitative estimate of drug-likeness (QED) is 0.839. The Kier molecular flexibility index (Phi) is 4.85. The van der Waals surface area contributed by atoms with E-state index >= 15 is 0 Å². The lowest BCUT2D eigenvalue weighted by Gasteiger charge is -2.20. The molecular weight excluding hydrogens is 372 g/mol. The summed E-state index contributed by atoms with van der Waals surface area (Å²) in [6, 6.07) is 12.8. The SMILES string of the molecule is CC[C@@H](NC(=O)c1ccc2c(c1)OCC(=O)N2)c1ccc(Br)cc1. The van der Waals surface area contributed by atoms with E-state index in [1.54, 1.807) is 18.2 Å². The Labute approximate surface area is 148 Å². The van der Waals surface area contributed by atoms with Crippen molar-refractivity contribution in [2.45, 2.75) is 19.4 Å². The first-order valence-corrected chi connectivity index (χ1v) is 8.49. The second-order valence-corrected chi connectivity index (χ2v) is 6.45. The minimum Gasteiger partial charge on any atom is -0.482 e. The van der Waals surface area contributed by atoms with Gasteiger partial charge in [-0.25, -0.2) is 0 Å². The van der Waals surface area contributed by atoms with Gasteiger partial charge in [0.1, 0.15) is 5.75 Å². The third-order valence-corrected chi connectivity index (χ3v) is 4.39. The number of fused-ring (bicyclic) bond motifs is 1. The molecule has 2 N–H and O–H groups in total. The summed E-state index contributed by atoms with van der Waals surface area (Å²) in [4.78, 5) is 23.8. The molecule has 0 fully saturated rings. The predicted molar refractivity (Wildman–Crippen MR) is 95.2 cm³/mol. The number of hydrogen-bond acceptors (Lipinski definition) is 3. The van der Waals surface area contributed by atoms with Gasteiger partial charge in [-0.15, -0.1) is 0 Å². The molecular formula is C18H17BrN2O3. The maximum absolute atomic E-state index is 12.5. The third-order valence-electron chi connectivity index (χ3n) is 3.86. The van der Waals surface area contributed by atoms with E-state index < -0.39 is 0 Å². The van der Waals surface area contributed by atoms with Gasteiger partial charge in [-0.05, 0) is 42.3 Å². The molecule has 0 saturated carbocycles. The molecule has 1 aliphatic heterocycles. The van der Waals surface area contributed by atoms with E-state index in [0.29, 0.717) is 17.0 Å². The second-order valence-electron chi connectivity index (χ2n) is 5.53. The van der Waals surface area contributed by atoms with Crippen LogP contribution in [-0.4, -0.2) is 18.4 Å². The number of nitrogens with one attached hydrogen (secondary N) is 2. The molecule has 0 aliphatic carbocycles. The van der Waals surface area contributed by atoms with Crippen LogP contribution < -0.4 is 15.4 Å². The summed E-state index contributed by atoms with van der Waals surface area (Å²) in [7, 11) is 0. The molecule has 2 aromatic rings. The van der Waals surface area contributed by atoms with Gasteiger partial charge in [0, 0.05) is 10.0 Å². The zero-order valence-electron chi connectivity index (χ0n) is 13.1. The first-order valence-electron chi connectivity index (χ1n) is 7.70. The Morgan fingerprint density at radius 1 is 1.29 bits per heavy atom. The number of ether oxygens (including phenoxy) is 1. The topological polar surface area (TPSA) is 67.4 Å². The summed E-state index contributed by atoms with van der Waals surface area (Å²) >= 11 is 3.41. The van der Waals surface area contributed by atoms with Crippen LogP contribution in [0.15, 0.2) is 46.9 Å². The van der Waals surface area contributed by atoms with Crippen LogP contribution in [0.5, 0.6) is 5.75 Å². The molecule has 1 heterocycles. The van der Waals surface area contributed by atoms with Crippen LogP contribution in [0.1, 0.15) is 35.3 Å². The van der Waals surface area contributed by atoms with Crippen LogP contribution in [0.25, 0.3) is 0 Å². The fourth-order valence-electron chi connectivity index (χ4n) is 2.57. The van der Waals surface area contributed by atoms with Gasteiger partial charge in [-0.2, -0.15) is 0 Å². The normalized spacial score (nSPS) is 14.2. The van der Waals surface area contributed by atoms with Gasteiger partial charge < -0.3 is 15.4 Å². The Morgan fingerprint density at radius 3 is 2.75 bits per heavy atom. The standard InChI is InChI=1S/C18H17BrN2O3/c1-2-14(11-3-6-13(19)7-4-11)21-18(23)12-5-8-15-16(9-12)24-10-17(22)20-15/h3-9,14H,2,10H2,1H3,(H,20,22)(H,21,23)/t14-/m1/s1. The van der Waals surface area contributed by atoms with E-state index in [1.807, 2.05) is 31.2 Å². The zero-order chi connectivity index (χ0) is 17.1. The molecule has 0 spiro atoms. The van der Waals surface area contributed by atoms with Crippen LogP contribution >= 0.6 is 15.9 Å². The highest BCUT2D eigenvalue weighted by atomic mass is 79.9. The largest absolute Gasteiger partial charge is 0.482 e. The number of amides is 2. The Bertz CT molecular complexity index is 774. The molecule has 1 atom stereocenters. The Balaban J connectivity index is 1.76. The molecule has 0 bridgehead atoms. The first kappa shape index (κ1) is 16.5. The van der Waals surface area contributed by atoms with Gasteiger partial charge >= 0.3 is 0 Å². The third kappa shape index (κ3) is 3.59. The average molecular weight is 389 g/mol. The summed E-state index contributed by atoms with van der Waals surface area (Å²) in [5.41, 5.74) is 2.14. The predicted octanol–water partition coefficient (Wildman–Crippen LogP) is 3.66. The number of anilines is 1. The number of halogens is 1. The monoisotopic (exact) mass is 388 g/mol. The van der Waals surface area contributed by atoms with Crippen molar-refractivity contribution in [1.82, 2.24) is 5.32 Å². The lowest BCUT2D eigenvalue weighted by Crippen LogP contribution is -2.29. The van der Waals surface area contributed by atoms with Crippen molar-refractivity contribution in [3.63, 3.8) is 0 Å². The van der Waals surface area contributed by atoms with Crippen LogP contribution in [-0.2, 0) is 4.79 Å². The van der Waals surface area contributed by atoms with E-state index in [0.717, 1.165) is 16.5 Å². The summed E-state index contributed by atoms with van der Waals surface area (Å²) in [5, 5.41) is 5.75. The number of carbonyl (C=O) groups excluding carboxylic acids is 2. The molecule has 0 radical (unpaired) electrons. The molecule has 0 aromatic heterocycles.